The zero-order valence-corrected chi connectivity index (χ0v) is 21.1. The minimum Gasteiger partial charge on any atom is -0.330 e. The van der Waals surface area contributed by atoms with E-state index in [9.17, 15) is 4.39 Å². The minimum absolute atomic E-state index is 0.451. The second-order valence-corrected chi connectivity index (χ2v) is 8.80. The summed E-state index contributed by atoms with van der Waals surface area (Å²) in [7, 11) is 8.32. The summed E-state index contributed by atoms with van der Waals surface area (Å²) in [4.78, 5) is 12.0. The van der Waals surface area contributed by atoms with Gasteiger partial charge in [0.1, 0.15) is 0 Å². The molecule has 2 heterocycles. The summed E-state index contributed by atoms with van der Waals surface area (Å²) in [5.41, 5.74) is 6.44. The Morgan fingerprint density at radius 1 is 0.828 bits per heavy atom. The minimum atomic E-state index is -0.451. The first kappa shape index (κ1) is 28.1. The quantitative estimate of drug-likeness (QED) is 0.396. The van der Waals surface area contributed by atoms with Gasteiger partial charge in [0.25, 0.3) is 0 Å². The Labute approximate surface area is 192 Å². The fraction of sp³-hybridized carbons (Fsp3) is 0.524. The van der Waals surface area contributed by atoms with Crippen LogP contribution in [0.2, 0.25) is 0 Å². The number of aryl methyl sites for hydroxylation is 1. The Morgan fingerprint density at radius 2 is 1.38 bits per heavy atom. The molecule has 0 aliphatic heterocycles. The van der Waals surface area contributed by atoms with E-state index in [0.29, 0.717) is 0 Å². The summed E-state index contributed by atoms with van der Waals surface area (Å²) in [6, 6.07) is 7.03. The van der Waals surface area contributed by atoms with Crippen LogP contribution in [-0.4, -0.2) is 67.6 Å². The highest BCUT2D eigenvalue weighted by Crippen LogP contribution is 2.09. The van der Waals surface area contributed by atoms with Gasteiger partial charge < -0.3 is 15.5 Å². The maximum Gasteiger partial charge on any atom is 0.212 e. The fourth-order valence-electron chi connectivity index (χ4n) is 2.05. The van der Waals surface area contributed by atoms with Crippen LogP contribution in [0, 0.1) is 5.95 Å². The highest BCUT2D eigenvalue weighted by Gasteiger charge is 1.96. The van der Waals surface area contributed by atoms with Crippen LogP contribution in [0.15, 0.2) is 45.6 Å². The summed E-state index contributed by atoms with van der Waals surface area (Å²) in [6.45, 7) is 3.07. The molecule has 0 fully saturated rings. The molecule has 5 nitrogen and oxygen atoms in total. The molecule has 0 unspecified atom stereocenters. The van der Waals surface area contributed by atoms with Crippen molar-refractivity contribution in [3.05, 3.63) is 57.2 Å². The molecule has 0 saturated heterocycles. The van der Waals surface area contributed by atoms with E-state index >= 15 is 0 Å². The lowest BCUT2D eigenvalue weighted by atomic mass is 10.2. The van der Waals surface area contributed by atoms with Crippen LogP contribution in [0.3, 0.4) is 0 Å². The molecule has 0 bridgehead atoms. The molecule has 2 N–H and O–H groups in total. The number of hydrogen-bond donors (Lipinski definition) is 1. The molecule has 0 aromatic carbocycles. The van der Waals surface area contributed by atoms with Crippen molar-refractivity contribution in [2.24, 2.45) is 5.73 Å². The fourth-order valence-corrected chi connectivity index (χ4v) is 2.52. The van der Waals surface area contributed by atoms with Crippen LogP contribution >= 0.6 is 31.9 Å². The summed E-state index contributed by atoms with van der Waals surface area (Å²) in [6.07, 6.45) is 7.92. The highest BCUT2D eigenvalue weighted by atomic mass is 79.9. The third-order valence-electron chi connectivity index (χ3n) is 3.58. The Hall–Kier alpha value is -0.930. The third-order valence-corrected chi connectivity index (χ3v) is 4.52. The number of rotatable bonds is 8. The molecule has 2 aromatic rings. The summed E-state index contributed by atoms with van der Waals surface area (Å²) in [5, 5.41) is 0. The largest absolute Gasteiger partial charge is 0.330 e. The molecule has 0 spiro atoms. The number of unbranched alkanes of at least 4 members (excludes halogenated alkanes) is 1. The predicted octanol–water partition coefficient (Wildman–Crippen LogP) is 4.61. The zero-order valence-electron chi connectivity index (χ0n) is 17.9. The Bertz CT molecular complexity index is 601. The summed E-state index contributed by atoms with van der Waals surface area (Å²) < 4.78 is 13.8. The molecule has 8 heteroatoms. The highest BCUT2D eigenvalue weighted by molar-refractivity contribution is 9.10. The second kappa shape index (κ2) is 17.9. The third kappa shape index (κ3) is 18.8. The number of aromatic nitrogens is 2. The normalized spacial score (nSPS) is 10.3. The van der Waals surface area contributed by atoms with Crippen LogP contribution in [0.25, 0.3) is 0 Å². The predicted molar refractivity (Wildman–Crippen MR) is 128 cm³/mol. The van der Waals surface area contributed by atoms with Gasteiger partial charge in [-0.15, -0.1) is 0 Å². The topological polar surface area (TPSA) is 58.3 Å². The number of nitrogens with zero attached hydrogens (tertiary/aromatic N) is 4. The van der Waals surface area contributed by atoms with Gasteiger partial charge in [0.05, 0.1) is 0 Å². The van der Waals surface area contributed by atoms with E-state index in [0.717, 1.165) is 41.4 Å². The van der Waals surface area contributed by atoms with E-state index in [4.69, 9.17) is 5.73 Å². The lowest BCUT2D eigenvalue weighted by molar-refractivity contribution is 0.394. The first-order valence-electron chi connectivity index (χ1n) is 9.61. The maximum atomic E-state index is 12.0. The van der Waals surface area contributed by atoms with Crippen molar-refractivity contribution in [2.45, 2.75) is 25.7 Å². The average molecular weight is 535 g/mol. The van der Waals surface area contributed by atoms with Crippen molar-refractivity contribution in [1.29, 1.82) is 0 Å². The zero-order chi connectivity index (χ0) is 22.1. The monoisotopic (exact) mass is 533 g/mol. The van der Waals surface area contributed by atoms with Crippen LogP contribution < -0.4 is 5.73 Å². The van der Waals surface area contributed by atoms with E-state index in [2.05, 4.69) is 85.9 Å². The van der Waals surface area contributed by atoms with Gasteiger partial charge in [0, 0.05) is 27.0 Å². The van der Waals surface area contributed by atoms with Crippen molar-refractivity contribution in [3.63, 3.8) is 0 Å². The Morgan fingerprint density at radius 3 is 1.76 bits per heavy atom. The van der Waals surface area contributed by atoms with Crippen molar-refractivity contribution in [1.82, 2.24) is 19.8 Å². The Kier molecular flexibility index (Phi) is 17.3. The van der Waals surface area contributed by atoms with Gasteiger partial charge in [-0.05, 0) is 130 Å². The molecule has 29 heavy (non-hydrogen) atoms. The Balaban J connectivity index is 0.000000444. The first-order valence-corrected chi connectivity index (χ1v) is 11.2. The van der Waals surface area contributed by atoms with Gasteiger partial charge in [0.2, 0.25) is 5.95 Å². The maximum absolute atomic E-state index is 12.0. The molecule has 0 aliphatic rings. The van der Waals surface area contributed by atoms with Crippen LogP contribution in [0.4, 0.5) is 4.39 Å². The van der Waals surface area contributed by atoms with Crippen molar-refractivity contribution >= 4 is 31.9 Å². The lowest BCUT2D eigenvalue weighted by Crippen LogP contribution is -2.16. The summed E-state index contributed by atoms with van der Waals surface area (Å²) >= 11 is 6.49. The van der Waals surface area contributed by atoms with Crippen LogP contribution in [-0.2, 0) is 6.42 Å². The van der Waals surface area contributed by atoms with Crippen molar-refractivity contribution < 1.29 is 4.39 Å². The molecule has 0 saturated carbocycles. The lowest BCUT2D eigenvalue weighted by Gasteiger charge is -2.08. The van der Waals surface area contributed by atoms with Gasteiger partial charge in [-0.2, -0.15) is 4.39 Å². The molecular formula is C21H34Br2FN5. The van der Waals surface area contributed by atoms with Gasteiger partial charge in [0.15, 0.2) is 0 Å². The van der Waals surface area contributed by atoms with E-state index in [1.54, 1.807) is 6.07 Å². The SMILES string of the molecule is CN(C)CCCCc1ccc(Br)cn1.CN(C)CCCN.Fc1ccc(Br)cn1. The van der Waals surface area contributed by atoms with Gasteiger partial charge in [-0.25, -0.2) is 4.98 Å². The molecule has 0 radical (unpaired) electrons. The molecule has 164 valence electrons. The molecule has 0 aliphatic carbocycles. The first-order chi connectivity index (χ1) is 13.7. The van der Waals surface area contributed by atoms with E-state index in [-0.39, 0.29) is 0 Å². The van der Waals surface area contributed by atoms with E-state index < -0.39 is 5.95 Å². The van der Waals surface area contributed by atoms with Crippen molar-refractivity contribution in [2.75, 3.05) is 47.8 Å². The van der Waals surface area contributed by atoms with Crippen LogP contribution in [0.1, 0.15) is 25.0 Å². The molecule has 2 rings (SSSR count). The number of pyridine rings is 2. The molecule has 0 atom stereocenters. The van der Waals surface area contributed by atoms with Crippen molar-refractivity contribution in [3.8, 4) is 0 Å². The van der Waals surface area contributed by atoms with Gasteiger partial charge in [-0.3, -0.25) is 4.98 Å². The molecular weight excluding hydrogens is 501 g/mol. The molecule has 2 aromatic heterocycles. The van der Waals surface area contributed by atoms with Gasteiger partial charge >= 0.3 is 0 Å². The number of halogens is 3. The number of hydrogen-bond acceptors (Lipinski definition) is 5. The molecule has 0 amide bonds. The standard InChI is InChI=1S/C11H17BrN2.C5H3BrFN.C5H14N2/c1-14(2)8-4-3-5-11-7-6-10(12)9-13-11;6-4-1-2-5(7)8-3-4;1-7(2)5-3-4-6/h6-7,9H,3-5,8H2,1-2H3;1-3H;3-6H2,1-2H3. The van der Waals surface area contributed by atoms with Gasteiger partial charge in [-0.1, -0.05) is 0 Å². The van der Waals surface area contributed by atoms with E-state index in [1.807, 2.05) is 12.3 Å². The van der Waals surface area contributed by atoms with Crippen LogP contribution in [0.5, 0.6) is 0 Å². The smallest absolute Gasteiger partial charge is 0.212 e. The number of nitrogens with two attached hydrogens (primary N) is 1. The second-order valence-electron chi connectivity index (χ2n) is 6.97. The summed E-state index contributed by atoms with van der Waals surface area (Å²) in [5.74, 6) is -0.451. The average Bonchev–Trinajstić information content (AvgIpc) is 2.68. The van der Waals surface area contributed by atoms with E-state index in [1.165, 1.54) is 30.8 Å².